The average molecular weight is 602 g/mol. The Hall–Kier alpha value is -2.26. The van der Waals surface area contributed by atoms with E-state index in [0.717, 1.165) is 25.0 Å². The van der Waals surface area contributed by atoms with Gasteiger partial charge in [0.2, 0.25) is 11.8 Å². The van der Waals surface area contributed by atoms with E-state index in [2.05, 4.69) is 5.32 Å². The van der Waals surface area contributed by atoms with Crippen LogP contribution in [0.25, 0.3) is 0 Å². The molecule has 0 saturated carbocycles. The molecule has 232 valence electrons. The fraction of sp³-hybridized carbons (Fsp3) is 0.815. The molecule has 41 heavy (non-hydrogen) atoms. The molecule has 0 unspecified atom stereocenters. The van der Waals surface area contributed by atoms with Gasteiger partial charge in [0.05, 0.1) is 59.3 Å². The molecule has 3 rings (SSSR count). The zero-order chi connectivity index (χ0) is 29.5. The lowest BCUT2D eigenvalue weighted by molar-refractivity contribution is -0.198. The van der Waals surface area contributed by atoms with Crippen molar-refractivity contribution in [2.24, 2.45) is 5.92 Å². The summed E-state index contributed by atoms with van der Waals surface area (Å²) >= 11 is 1.97. The first-order chi connectivity index (χ1) is 19.9. The average Bonchev–Trinajstić information content (AvgIpc) is 3.58. The van der Waals surface area contributed by atoms with Crippen LogP contribution in [0.2, 0.25) is 0 Å². The quantitative estimate of drug-likeness (QED) is 0.146. The highest BCUT2D eigenvalue weighted by Crippen LogP contribution is 2.43. The highest BCUT2D eigenvalue weighted by molar-refractivity contribution is 8.00. The number of thioether (sulfide) groups is 1. The summed E-state index contributed by atoms with van der Waals surface area (Å²) in [6, 6.07) is 0.372. The molecule has 4 amide bonds. The van der Waals surface area contributed by atoms with Crippen LogP contribution in [0.3, 0.4) is 0 Å². The van der Waals surface area contributed by atoms with Crippen LogP contribution < -0.4 is 5.32 Å². The van der Waals surface area contributed by atoms with Crippen LogP contribution in [0, 0.1) is 5.92 Å². The second-order valence-electron chi connectivity index (χ2n) is 10.2. The summed E-state index contributed by atoms with van der Waals surface area (Å²) in [6.07, 6.45) is 4.12. The van der Waals surface area contributed by atoms with E-state index in [1.807, 2.05) is 23.7 Å². The second-order valence-corrected chi connectivity index (χ2v) is 11.4. The first-order valence-electron chi connectivity index (χ1n) is 14.4. The van der Waals surface area contributed by atoms with Gasteiger partial charge in [0.1, 0.15) is 0 Å². The van der Waals surface area contributed by atoms with Crippen molar-refractivity contribution >= 4 is 41.4 Å². The van der Waals surface area contributed by atoms with E-state index in [-0.39, 0.29) is 44.3 Å². The molecule has 3 atom stereocenters. The number of imide groups is 1. The van der Waals surface area contributed by atoms with Crippen LogP contribution in [-0.2, 0) is 47.8 Å². The number of hydrogen-bond acceptors (Lipinski definition) is 11. The van der Waals surface area contributed by atoms with E-state index in [0.29, 0.717) is 81.3 Å². The number of amides is 4. The summed E-state index contributed by atoms with van der Waals surface area (Å²) in [5.74, 6) is 0.144. The zero-order valence-electron chi connectivity index (χ0n) is 23.8. The first-order valence-corrected chi connectivity index (χ1v) is 15.4. The van der Waals surface area contributed by atoms with Gasteiger partial charge < -0.3 is 34.0 Å². The molecule has 0 spiro atoms. The van der Waals surface area contributed by atoms with Crippen LogP contribution in [0.5, 0.6) is 0 Å². The number of rotatable bonds is 21. The lowest BCUT2D eigenvalue weighted by Crippen LogP contribution is -2.36. The molecule has 1 N–H and O–H groups in total. The molecular formula is C27H43N3O10S. The normalized spacial score (nSPS) is 22.1. The van der Waals surface area contributed by atoms with Gasteiger partial charge in [-0.3, -0.25) is 19.2 Å². The van der Waals surface area contributed by atoms with Crippen LogP contribution in [0.4, 0.5) is 0 Å². The monoisotopic (exact) mass is 601 g/mol. The number of carbonyl (C=O) groups is 5. The molecule has 3 heterocycles. The van der Waals surface area contributed by atoms with Crippen molar-refractivity contribution in [2.75, 3.05) is 72.2 Å². The Kier molecular flexibility index (Phi) is 14.9. The van der Waals surface area contributed by atoms with Gasteiger partial charge in [0.15, 0.2) is 0 Å². The summed E-state index contributed by atoms with van der Waals surface area (Å²) in [7, 11) is 1.92. The van der Waals surface area contributed by atoms with Gasteiger partial charge in [-0.05, 0) is 24.5 Å². The van der Waals surface area contributed by atoms with Crippen LogP contribution >= 0.6 is 11.8 Å². The van der Waals surface area contributed by atoms with Crippen molar-refractivity contribution in [1.29, 1.82) is 0 Å². The van der Waals surface area contributed by atoms with Gasteiger partial charge in [0, 0.05) is 50.6 Å². The lowest BCUT2D eigenvalue weighted by Gasteiger charge is -2.25. The highest BCUT2D eigenvalue weighted by Gasteiger charge is 2.46. The van der Waals surface area contributed by atoms with Crippen molar-refractivity contribution in [1.82, 2.24) is 15.3 Å². The minimum absolute atomic E-state index is 0.0334. The van der Waals surface area contributed by atoms with Gasteiger partial charge >= 0.3 is 5.97 Å². The minimum atomic E-state index is -0.701. The second kappa shape index (κ2) is 18.3. The molecule has 3 aliphatic heterocycles. The van der Waals surface area contributed by atoms with Gasteiger partial charge in [-0.25, -0.2) is 4.79 Å². The van der Waals surface area contributed by atoms with Crippen molar-refractivity contribution < 1.29 is 47.8 Å². The summed E-state index contributed by atoms with van der Waals surface area (Å²) < 4.78 is 21.5. The summed E-state index contributed by atoms with van der Waals surface area (Å²) in [5.41, 5.74) is 0. The number of likely N-dealkylation sites (tertiary alicyclic amines) is 1. The Morgan fingerprint density at radius 3 is 2.10 bits per heavy atom. The Morgan fingerprint density at radius 1 is 0.829 bits per heavy atom. The maximum absolute atomic E-state index is 12.0. The van der Waals surface area contributed by atoms with E-state index in [1.54, 1.807) is 0 Å². The van der Waals surface area contributed by atoms with Crippen molar-refractivity contribution in [3.63, 3.8) is 0 Å². The van der Waals surface area contributed by atoms with Crippen molar-refractivity contribution in [3.05, 3.63) is 0 Å². The predicted molar refractivity (Wildman–Crippen MR) is 147 cm³/mol. The summed E-state index contributed by atoms with van der Waals surface area (Å²) in [5, 5.41) is 3.89. The van der Waals surface area contributed by atoms with Crippen LogP contribution in [0.1, 0.15) is 51.4 Å². The third kappa shape index (κ3) is 11.5. The standard InChI is InChI=1S/C27H43N3O10S/c1-29-25(34)18-20-19-41-21(27(20)29)4-2-3-5-22(31)28-9-11-37-13-15-39-17-16-38-14-12-36-10-8-26(35)40-30-23(32)6-7-24(30)33/h20-21,27H,2-19H2,1H3,(H,28,31)/t20-,21-,27-/m0/s1. The van der Waals surface area contributed by atoms with Crippen LogP contribution in [-0.4, -0.2) is 123 Å². The third-order valence-electron chi connectivity index (χ3n) is 7.14. The molecule has 13 nitrogen and oxygen atoms in total. The molecule has 14 heteroatoms. The zero-order valence-corrected chi connectivity index (χ0v) is 24.7. The molecule has 0 aromatic heterocycles. The van der Waals surface area contributed by atoms with Crippen molar-refractivity contribution in [3.8, 4) is 0 Å². The van der Waals surface area contributed by atoms with Crippen LogP contribution in [0.15, 0.2) is 0 Å². The Morgan fingerprint density at radius 2 is 1.44 bits per heavy atom. The van der Waals surface area contributed by atoms with Gasteiger partial charge in [-0.15, -0.1) is 5.06 Å². The number of hydroxylamine groups is 2. The highest BCUT2D eigenvalue weighted by atomic mass is 32.2. The number of nitrogens with zero attached hydrogens (tertiary/aromatic N) is 2. The summed E-state index contributed by atoms with van der Waals surface area (Å²) in [6.45, 7) is 3.21. The Labute approximate surface area is 245 Å². The first kappa shape index (κ1) is 33.2. The maximum Gasteiger partial charge on any atom is 0.335 e. The Balaban J connectivity index is 1.02. The van der Waals surface area contributed by atoms with E-state index in [9.17, 15) is 24.0 Å². The molecule has 3 saturated heterocycles. The number of carbonyl (C=O) groups excluding carboxylic acids is 5. The molecule has 0 aliphatic carbocycles. The number of fused-ring (bicyclic) bond motifs is 1. The number of hydrogen-bond donors (Lipinski definition) is 1. The molecule has 3 fully saturated rings. The molecule has 0 radical (unpaired) electrons. The number of ether oxygens (including phenoxy) is 4. The van der Waals surface area contributed by atoms with E-state index in [1.165, 1.54) is 0 Å². The van der Waals surface area contributed by atoms with E-state index >= 15 is 0 Å². The number of unbranched alkanes of at least 4 members (excludes halogenated alkanes) is 1. The fourth-order valence-corrected chi connectivity index (χ4v) is 6.73. The third-order valence-corrected chi connectivity index (χ3v) is 8.71. The lowest BCUT2D eigenvalue weighted by atomic mass is 9.97. The minimum Gasteiger partial charge on any atom is -0.378 e. The molecular weight excluding hydrogens is 558 g/mol. The maximum atomic E-state index is 12.0. The van der Waals surface area contributed by atoms with Gasteiger partial charge in [-0.1, -0.05) is 6.42 Å². The smallest absolute Gasteiger partial charge is 0.335 e. The summed E-state index contributed by atoms with van der Waals surface area (Å²) in [4.78, 5) is 65.0. The fourth-order valence-electron chi connectivity index (χ4n) is 4.99. The number of nitrogens with one attached hydrogen (secondary N) is 1. The largest absolute Gasteiger partial charge is 0.378 e. The topological polar surface area (TPSA) is 150 Å². The molecule has 0 aromatic rings. The molecule has 3 aliphatic rings. The van der Waals surface area contributed by atoms with Gasteiger partial charge in [-0.2, -0.15) is 11.8 Å². The van der Waals surface area contributed by atoms with Crippen molar-refractivity contribution in [2.45, 2.75) is 62.7 Å². The Bertz CT molecular complexity index is 875. The van der Waals surface area contributed by atoms with Gasteiger partial charge in [0.25, 0.3) is 11.8 Å². The SMILES string of the molecule is CN1C(=O)C[C@H]2CS[C@@H](CCCCC(=O)NCCOCCOCCOCCOCCC(=O)ON3C(=O)CCC3=O)[C@H]21. The molecule has 0 aromatic carbocycles. The molecule has 0 bridgehead atoms. The van der Waals surface area contributed by atoms with E-state index in [4.69, 9.17) is 23.8 Å². The predicted octanol–water partition coefficient (Wildman–Crippen LogP) is 0.689. The van der Waals surface area contributed by atoms with E-state index < -0.39 is 17.8 Å².